The van der Waals surface area contributed by atoms with Gasteiger partial charge in [0.2, 0.25) is 0 Å². The number of pyridine rings is 1. The minimum absolute atomic E-state index is 0.191. The maximum atomic E-state index is 11.8. The SMILES string of the molecule is Cc1ncc(CO)c(CNC(=O)[C@H](O)[C@H](O)[C@H](O)[C@@H](O)CO)c1O. The van der Waals surface area contributed by atoms with Gasteiger partial charge in [-0.3, -0.25) is 9.78 Å². The third-order valence-electron chi connectivity index (χ3n) is 3.56. The predicted octanol–water partition coefficient (Wildman–Crippen LogP) is -3.36. The van der Waals surface area contributed by atoms with E-state index in [2.05, 4.69) is 10.3 Å². The molecule has 0 aliphatic carbocycles. The van der Waals surface area contributed by atoms with Crippen LogP contribution in [0.25, 0.3) is 0 Å². The fourth-order valence-electron chi connectivity index (χ4n) is 1.98. The smallest absolute Gasteiger partial charge is 0.251 e. The van der Waals surface area contributed by atoms with Crippen LogP contribution in [0, 0.1) is 6.92 Å². The van der Waals surface area contributed by atoms with Crippen molar-refractivity contribution in [3.05, 3.63) is 23.0 Å². The van der Waals surface area contributed by atoms with Crippen LogP contribution in [-0.4, -0.2) is 77.7 Å². The molecule has 0 saturated carbocycles. The van der Waals surface area contributed by atoms with Gasteiger partial charge in [0.15, 0.2) is 6.10 Å². The van der Waals surface area contributed by atoms with Crippen LogP contribution < -0.4 is 5.32 Å². The zero-order valence-corrected chi connectivity index (χ0v) is 13.0. The fourth-order valence-corrected chi connectivity index (χ4v) is 1.98. The number of carbonyl (C=O) groups excluding carboxylic acids is 1. The van der Waals surface area contributed by atoms with Crippen molar-refractivity contribution in [2.45, 2.75) is 44.5 Å². The Morgan fingerprint density at radius 1 is 1.21 bits per heavy atom. The van der Waals surface area contributed by atoms with Gasteiger partial charge in [0, 0.05) is 23.9 Å². The van der Waals surface area contributed by atoms with Crippen molar-refractivity contribution in [3.63, 3.8) is 0 Å². The van der Waals surface area contributed by atoms with Gasteiger partial charge in [0.05, 0.1) is 18.9 Å². The number of hydrogen-bond donors (Lipinski definition) is 8. The van der Waals surface area contributed by atoms with E-state index in [4.69, 9.17) is 5.11 Å². The van der Waals surface area contributed by atoms with Gasteiger partial charge in [-0.1, -0.05) is 0 Å². The number of nitrogens with zero attached hydrogens (tertiary/aromatic N) is 1. The van der Waals surface area contributed by atoms with E-state index in [1.54, 1.807) is 0 Å². The van der Waals surface area contributed by atoms with E-state index in [0.29, 0.717) is 0 Å². The van der Waals surface area contributed by atoms with Crippen LogP contribution in [-0.2, 0) is 17.9 Å². The zero-order chi connectivity index (χ0) is 18.4. The van der Waals surface area contributed by atoms with Crippen LogP contribution in [0.1, 0.15) is 16.8 Å². The van der Waals surface area contributed by atoms with Crippen LogP contribution in [0.15, 0.2) is 6.20 Å². The average molecular weight is 346 g/mol. The topological polar surface area (TPSA) is 184 Å². The number of aryl methyl sites for hydroxylation is 1. The van der Waals surface area contributed by atoms with Crippen molar-refractivity contribution in [1.29, 1.82) is 0 Å². The molecule has 1 heterocycles. The molecule has 0 spiro atoms. The third kappa shape index (κ3) is 4.60. The summed E-state index contributed by atoms with van der Waals surface area (Å²) in [5.41, 5.74) is 0.735. The van der Waals surface area contributed by atoms with Crippen LogP contribution in [0.3, 0.4) is 0 Å². The van der Waals surface area contributed by atoms with E-state index in [1.807, 2.05) is 0 Å². The molecule has 1 aromatic rings. The highest BCUT2D eigenvalue weighted by Crippen LogP contribution is 2.23. The molecule has 10 heteroatoms. The second-order valence-corrected chi connectivity index (χ2v) is 5.25. The highest BCUT2D eigenvalue weighted by atomic mass is 16.4. The normalized spacial score (nSPS) is 16.3. The first-order chi connectivity index (χ1) is 11.2. The Bertz CT molecular complexity index is 568. The van der Waals surface area contributed by atoms with E-state index in [1.165, 1.54) is 13.1 Å². The van der Waals surface area contributed by atoms with Gasteiger partial charge in [-0.05, 0) is 6.92 Å². The summed E-state index contributed by atoms with van der Waals surface area (Å²) in [6.45, 7) is -0.0470. The second kappa shape index (κ2) is 8.87. The van der Waals surface area contributed by atoms with E-state index in [0.717, 1.165) is 0 Å². The molecule has 0 saturated heterocycles. The Hall–Kier alpha value is -1.82. The van der Waals surface area contributed by atoms with Crippen molar-refractivity contribution >= 4 is 5.91 Å². The van der Waals surface area contributed by atoms with Crippen molar-refractivity contribution in [2.75, 3.05) is 6.61 Å². The molecule has 0 bridgehead atoms. The fraction of sp³-hybridized carbons (Fsp3) is 0.571. The van der Waals surface area contributed by atoms with Crippen molar-refractivity contribution < 1.29 is 40.5 Å². The lowest BCUT2D eigenvalue weighted by atomic mass is 10.0. The lowest BCUT2D eigenvalue weighted by molar-refractivity contribution is -0.149. The van der Waals surface area contributed by atoms with Gasteiger partial charge >= 0.3 is 0 Å². The monoisotopic (exact) mass is 346 g/mol. The maximum Gasteiger partial charge on any atom is 0.251 e. The lowest BCUT2D eigenvalue weighted by Gasteiger charge is -2.25. The molecule has 0 aliphatic heterocycles. The van der Waals surface area contributed by atoms with E-state index in [9.17, 15) is 35.4 Å². The summed E-state index contributed by atoms with van der Waals surface area (Å²) in [5.74, 6) is -1.31. The predicted molar refractivity (Wildman–Crippen MR) is 79.5 cm³/mol. The largest absolute Gasteiger partial charge is 0.506 e. The average Bonchev–Trinajstić information content (AvgIpc) is 2.59. The number of aliphatic hydroxyl groups excluding tert-OH is 6. The molecule has 0 aromatic carbocycles. The van der Waals surface area contributed by atoms with E-state index < -0.39 is 43.5 Å². The summed E-state index contributed by atoms with van der Waals surface area (Å²) >= 11 is 0. The lowest BCUT2D eigenvalue weighted by Crippen LogP contribution is -2.51. The molecule has 10 nitrogen and oxygen atoms in total. The molecule has 1 amide bonds. The van der Waals surface area contributed by atoms with Gasteiger partial charge in [0.1, 0.15) is 24.1 Å². The van der Waals surface area contributed by atoms with Crippen molar-refractivity contribution in [1.82, 2.24) is 10.3 Å². The molecule has 8 N–H and O–H groups in total. The van der Waals surface area contributed by atoms with Crippen LogP contribution >= 0.6 is 0 Å². The second-order valence-electron chi connectivity index (χ2n) is 5.25. The quantitative estimate of drug-likeness (QED) is 0.238. The molecule has 1 rings (SSSR count). The van der Waals surface area contributed by atoms with Crippen molar-refractivity contribution in [3.8, 4) is 5.75 Å². The maximum absolute atomic E-state index is 11.8. The van der Waals surface area contributed by atoms with Crippen LogP contribution in [0.4, 0.5) is 0 Å². The summed E-state index contributed by atoms with van der Waals surface area (Å²) in [5, 5.41) is 68.0. The number of amides is 1. The van der Waals surface area contributed by atoms with E-state index in [-0.39, 0.29) is 29.1 Å². The first kappa shape index (κ1) is 20.2. The molecule has 0 aliphatic rings. The molecule has 0 fully saturated rings. The molecule has 0 radical (unpaired) electrons. The Morgan fingerprint density at radius 3 is 2.38 bits per heavy atom. The van der Waals surface area contributed by atoms with Crippen LogP contribution in [0.2, 0.25) is 0 Å². The molecular weight excluding hydrogens is 324 g/mol. The highest BCUT2D eigenvalue weighted by Gasteiger charge is 2.34. The summed E-state index contributed by atoms with van der Waals surface area (Å²) in [6.07, 6.45) is -6.44. The number of carbonyl (C=O) groups is 1. The number of aromatic hydroxyl groups is 1. The third-order valence-corrected chi connectivity index (χ3v) is 3.56. The highest BCUT2D eigenvalue weighted by molar-refractivity contribution is 5.81. The van der Waals surface area contributed by atoms with Crippen molar-refractivity contribution in [2.24, 2.45) is 0 Å². The molecular formula is C14H22N2O8. The summed E-state index contributed by atoms with van der Waals surface area (Å²) < 4.78 is 0. The molecule has 136 valence electrons. The molecule has 24 heavy (non-hydrogen) atoms. The first-order valence-electron chi connectivity index (χ1n) is 7.12. The van der Waals surface area contributed by atoms with Gasteiger partial charge in [-0.2, -0.15) is 0 Å². The minimum atomic E-state index is -2.08. The van der Waals surface area contributed by atoms with Gasteiger partial charge in [-0.25, -0.2) is 0 Å². The molecule has 0 unspecified atom stereocenters. The molecule has 4 atom stereocenters. The standard InChI is InChI=1S/C14H22N2O8/c1-6-10(20)8(7(4-17)2-15-6)3-16-14(24)13(23)12(22)11(21)9(19)5-18/h2,9,11-13,17-23H,3-5H2,1H3,(H,16,24)/t9-,11+,12+,13+/m0/s1. The Labute approximate surface area is 137 Å². The van der Waals surface area contributed by atoms with E-state index >= 15 is 0 Å². The van der Waals surface area contributed by atoms with Gasteiger partial charge in [0.25, 0.3) is 5.91 Å². The van der Waals surface area contributed by atoms with Crippen LogP contribution in [0.5, 0.6) is 5.75 Å². The summed E-state index contributed by atoms with van der Waals surface area (Å²) in [6, 6.07) is 0. The minimum Gasteiger partial charge on any atom is -0.506 e. The zero-order valence-electron chi connectivity index (χ0n) is 13.0. The Morgan fingerprint density at radius 2 is 1.83 bits per heavy atom. The number of rotatable bonds is 8. The molecule has 1 aromatic heterocycles. The number of aromatic nitrogens is 1. The van der Waals surface area contributed by atoms with Gasteiger partial charge < -0.3 is 41.1 Å². The Balaban J connectivity index is 2.78. The first-order valence-corrected chi connectivity index (χ1v) is 7.12. The summed E-state index contributed by atoms with van der Waals surface area (Å²) in [4.78, 5) is 15.7. The number of hydrogen-bond acceptors (Lipinski definition) is 9. The Kier molecular flexibility index (Phi) is 7.48. The van der Waals surface area contributed by atoms with Gasteiger partial charge in [-0.15, -0.1) is 0 Å². The number of aliphatic hydroxyl groups is 6. The summed E-state index contributed by atoms with van der Waals surface area (Å²) in [7, 11) is 0. The number of nitrogens with one attached hydrogen (secondary N) is 1.